The second-order valence-electron chi connectivity index (χ2n) is 4.93. The molecule has 21 heavy (non-hydrogen) atoms. The monoisotopic (exact) mass is 350 g/mol. The summed E-state index contributed by atoms with van der Waals surface area (Å²) in [5, 5.41) is 0.207. The normalized spacial score (nSPS) is 13.4. The zero-order chi connectivity index (χ0) is 16.2. The second-order valence-corrected chi connectivity index (χ2v) is 7.49. The molecule has 0 radical (unpaired) electrons. The highest BCUT2D eigenvalue weighted by Crippen LogP contribution is 2.21. The minimum Gasteiger partial charge on any atom is -0.389 e. The molecule has 118 valence electrons. The van der Waals surface area contributed by atoms with Crippen LogP contribution in [0.3, 0.4) is 0 Å². The van der Waals surface area contributed by atoms with Crippen LogP contribution in [0.15, 0.2) is 23.1 Å². The van der Waals surface area contributed by atoms with Crippen LogP contribution in [0.4, 0.5) is 0 Å². The zero-order valence-electron chi connectivity index (χ0n) is 12.1. The van der Waals surface area contributed by atoms with Crippen LogP contribution in [0.2, 0.25) is 5.02 Å². The van der Waals surface area contributed by atoms with Gasteiger partial charge in [0.25, 0.3) is 0 Å². The largest absolute Gasteiger partial charge is 0.389 e. The van der Waals surface area contributed by atoms with Gasteiger partial charge in [0, 0.05) is 18.7 Å². The van der Waals surface area contributed by atoms with Crippen molar-refractivity contribution in [3.63, 3.8) is 0 Å². The van der Waals surface area contributed by atoms with Crippen molar-refractivity contribution in [2.75, 3.05) is 13.7 Å². The summed E-state index contributed by atoms with van der Waals surface area (Å²) < 4.78 is 32.4. The van der Waals surface area contributed by atoms with Crippen LogP contribution in [-0.4, -0.2) is 33.2 Å². The van der Waals surface area contributed by atoms with E-state index in [9.17, 15) is 8.42 Å². The SMILES string of the molecule is COCC(NS(=O)(=O)c1ccc(C(N)=S)c(Cl)c1)C(C)C. The standard InChI is InChI=1S/C13H19ClN2O3S2/c1-8(2)12(7-19-3)16-21(17,18)9-4-5-10(13(15)20)11(14)6-9/h4-6,8,12,16H,7H2,1-3H3,(H2,15,20). The molecule has 3 N–H and O–H groups in total. The third kappa shape index (κ3) is 4.89. The van der Waals surface area contributed by atoms with Gasteiger partial charge in [0.05, 0.1) is 16.5 Å². The summed E-state index contributed by atoms with van der Waals surface area (Å²) in [4.78, 5) is 0.186. The summed E-state index contributed by atoms with van der Waals surface area (Å²) in [7, 11) is -2.16. The molecule has 0 aromatic heterocycles. The van der Waals surface area contributed by atoms with Crippen molar-refractivity contribution in [2.45, 2.75) is 24.8 Å². The first-order chi connectivity index (χ1) is 9.69. The number of hydrogen-bond acceptors (Lipinski definition) is 4. The first-order valence-electron chi connectivity index (χ1n) is 6.29. The number of nitrogens with two attached hydrogens (primary N) is 1. The lowest BCUT2D eigenvalue weighted by atomic mass is 10.1. The number of methoxy groups -OCH3 is 1. The van der Waals surface area contributed by atoms with Crippen LogP contribution in [0.5, 0.6) is 0 Å². The Hall–Kier alpha value is -0.730. The van der Waals surface area contributed by atoms with Gasteiger partial charge in [-0.25, -0.2) is 13.1 Å². The summed E-state index contributed by atoms with van der Waals surface area (Å²) >= 11 is 10.8. The molecule has 0 aliphatic rings. The quantitative estimate of drug-likeness (QED) is 0.734. The number of halogens is 1. The molecule has 0 bridgehead atoms. The highest BCUT2D eigenvalue weighted by Gasteiger charge is 2.23. The molecular formula is C13H19ClN2O3S2. The molecule has 0 aliphatic heterocycles. The van der Waals surface area contributed by atoms with Crippen LogP contribution in [0.1, 0.15) is 19.4 Å². The van der Waals surface area contributed by atoms with E-state index in [1.165, 1.54) is 25.3 Å². The Morgan fingerprint density at radius 3 is 2.52 bits per heavy atom. The Labute approximate surface area is 135 Å². The van der Waals surface area contributed by atoms with Gasteiger partial charge in [0.15, 0.2) is 0 Å². The maximum atomic E-state index is 12.4. The first-order valence-corrected chi connectivity index (χ1v) is 8.56. The van der Waals surface area contributed by atoms with E-state index >= 15 is 0 Å². The van der Waals surface area contributed by atoms with Gasteiger partial charge in [-0.1, -0.05) is 37.7 Å². The maximum absolute atomic E-state index is 12.4. The lowest BCUT2D eigenvalue weighted by Gasteiger charge is -2.21. The van der Waals surface area contributed by atoms with Crippen molar-refractivity contribution >= 4 is 38.8 Å². The summed E-state index contributed by atoms with van der Waals surface area (Å²) in [6.07, 6.45) is 0. The summed E-state index contributed by atoms with van der Waals surface area (Å²) in [5.41, 5.74) is 5.95. The third-order valence-electron chi connectivity index (χ3n) is 2.97. The molecule has 1 unspecified atom stereocenters. The number of sulfonamides is 1. The average Bonchev–Trinajstić information content (AvgIpc) is 2.37. The highest BCUT2D eigenvalue weighted by molar-refractivity contribution is 7.89. The topological polar surface area (TPSA) is 81.4 Å². The van der Waals surface area contributed by atoms with Gasteiger partial charge in [-0.2, -0.15) is 0 Å². The predicted molar refractivity (Wildman–Crippen MR) is 88.2 cm³/mol. The van der Waals surface area contributed by atoms with E-state index in [0.717, 1.165) is 0 Å². The summed E-state index contributed by atoms with van der Waals surface area (Å²) in [6.45, 7) is 4.11. The number of hydrogen-bond donors (Lipinski definition) is 2. The van der Waals surface area contributed by atoms with Gasteiger partial charge >= 0.3 is 0 Å². The van der Waals surface area contributed by atoms with Crippen LogP contribution < -0.4 is 10.5 Å². The van der Waals surface area contributed by atoms with Crippen molar-refractivity contribution in [3.05, 3.63) is 28.8 Å². The smallest absolute Gasteiger partial charge is 0.240 e. The van der Waals surface area contributed by atoms with Crippen LogP contribution in [0, 0.1) is 5.92 Å². The molecule has 0 spiro atoms. The maximum Gasteiger partial charge on any atom is 0.240 e. The number of benzene rings is 1. The fraction of sp³-hybridized carbons (Fsp3) is 0.462. The van der Waals surface area contributed by atoms with E-state index < -0.39 is 10.0 Å². The molecule has 0 saturated heterocycles. The van der Waals surface area contributed by atoms with Gasteiger partial charge in [-0.15, -0.1) is 0 Å². The molecule has 0 saturated carbocycles. The molecule has 0 amide bonds. The molecule has 8 heteroatoms. The number of ether oxygens (including phenoxy) is 1. The highest BCUT2D eigenvalue weighted by atomic mass is 35.5. The number of thiocarbonyl (C=S) groups is 1. The van der Waals surface area contributed by atoms with Crippen LogP contribution in [0.25, 0.3) is 0 Å². The zero-order valence-corrected chi connectivity index (χ0v) is 14.5. The summed E-state index contributed by atoms with van der Waals surface area (Å²) in [6, 6.07) is 3.93. The van der Waals surface area contributed by atoms with Gasteiger partial charge in [-0.3, -0.25) is 0 Å². The lowest BCUT2D eigenvalue weighted by molar-refractivity contribution is 0.157. The molecule has 1 atom stereocenters. The lowest BCUT2D eigenvalue weighted by Crippen LogP contribution is -2.41. The van der Waals surface area contributed by atoms with Crippen LogP contribution in [-0.2, 0) is 14.8 Å². The Bertz CT molecular complexity index is 618. The fourth-order valence-corrected chi connectivity index (χ4v) is 3.65. The van der Waals surface area contributed by atoms with Crippen LogP contribution >= 0.6 is 23.8 Å². The first kappa shape index (κ1) is 18.3. The number of rotatable bonds is 7. The van der Waals surface area contributed by atoms with E-state index in [4.69, 9.17) is 34.3 Å². The minimum atomic E-state index is -3.69. The predicted octanol–water partition coefficient (Wildman–Crippen LogP) is 1.92. The van der Waals surface area contributed by atoms with Gasteiger partial charge in [0.1, 0.15) is 4.99 Å². The van der Waals surface area contributed by atoms with Crippen molar-refractivity contribution in [1.29, 1.82) is 0 Å². The molecule has 1 aromatic carbocycles. The van der Waals surface area contributed by atoms with E-state index in [-0.39, 0.29) is 33.5 Å². The van der Waals surface area contributed by atoms with Gasteiger partial charge in [0.2, 0.25) is 10.0 Å². The molecule has 0 heterocycles. The van der Waals surface area contributed by atoms with Crippen molar-refractivity contribution in [3.8, 4) is 0 Å². The second kappa shape index (κ2) is 7.51. The Morgan fingerprint density at radius 2 is 2.10 bits per heavy atom. The van der Waals surface area contributed by atoms with Crippen molar-refractivity contribution in [1.82, 2.24) is 4.72 Å². The molecule has 0 aliphatic carbocycles. The Kier molecular flexibility index (Phi) is 6.55. The Morgan fingerprint density at radius 1 is 1.48 bits per heavy atom. The molecule has 5 nitrogen and oxygen atoms in total. The van der Waals surface area contributed by atoms with E-state index in [1.54, 1.807) is 0 Å². The summed E-state index contributed by atoms with van der Waals surface area (Å²) in [5.74, 6) is 0.0890. The third-order valence-corrected chi connectivity index (χ3v) is 4.99. The fourth-order valence-electron chi connectivity index (χ4n) is 1.67. The van der Waals surface area contributed by atoms with Gasteiger partial charge in [-0.05, 0) is 24.1 Å². The van der Waals surface area contributed by atoms with Crippen molar-refractivity contribution in [2.24, 2.45) is 11.7 Å². The van der Waals surface area contributed by atoms with E-state index in [2.05, 4.69) is 4.72 Å². The molecule has 1 rings (SSSR count). The molecule has 1 aromatic rings. The minimum absolute atomic E-state index is 0.0641. The van der Waals surface area contributed by atoms with Crippen molar-refractivity contribution < 1.29 is 13.2 Å². The number of nitrogens with one attached hydrogen (secondary N) is 1. The average molecular weight is 351 g/mol. The molecule has 0 fully saturated rings. The van der Waals surface area contributed by atoms with E-state index in [0.29, 0.717) is 5.56 Å². The Balaban J connectivity index is 3.08. The van der Waals surface area contributed by atoms with E-state index in [1.807, 2.05) is 13.8 Å². The molecular weight excluding hydrogens is 332 g/mol. The van der Waals surface area contributed by atoms with Gasteiger partial charge < -0.3 is 10.5 Å².